The van der Waals surface area contributed by atoms with Crippen LogP contribution in [0.1, 0.15) is 36.5 Å². The molecule has 1 aliphatic carbocycles. The van der Waals surface area contributed by atoms with Gasteiger partial charge in [0.1, 0.15) is 0 Å². The van der Waals surface area contributed by atoms with E-state index in [2.05, 4.69) is 21.0 Å². The normalized spacial score (nSPS) is 30.1. The highest BCUT2D eigenvalue weighted by atomic mass is 79.9. The lowest BCUT2D eigenvalue weighted by Crippen LogP contribution is -2.61. The van der Waals surface area contributed by atoms with E-state index < -0.39 is 23.7 Å². The first-order valence-electron chi connectivity index (χ1n) is 7.64. The van der Waals surface area contributed by atoms with Gasteiger partial charge in [-0.3, -0.25) is 4.79 Å². The van der Waals surface area contributed by atoms with Crippen LogP contribution < -0.4 is 0 Å². The molecule has 1 N–H and O–H groups in total. The number of hydrogen-bond donors (Lipinski definition) is 1. The van der Waals surface area contributed by atoms with Gasteiger partial charge >= 0.3 is 6.18 Å². The van der Waals surface area contributed by atoms with Crippen molar-refractivity contribution in [1.82, 2.24) is 5.01 Å². The topological polar surface area (TPSA) is 52.9 Å². The fraction of sp³-hybridized carbons (Fsp3) is 0.500. The number of alkyl halides is 3. The molecule has 3 atom stereocenters. The summed E-state index contributed by atoms with van der Waals surface area (Å²) in [6, 6.07) is 6.01. The van der Waals surface area contributed by atoms with E-state index in [9.17, 15) is 23.1 Å². The second kappa shape index (κ2) is 5.84. The number of hydrogen-bond acceptors (Lipinski definition) is 3. The lowest BCUT2D eigenvalue weighted by Gasteiger charge is -2.39. The second-order valence-corrected chi connectivity index (χ2v) is 7.18. The summed E-state index contributed by atoms with van der Waals surface area (Å²) in [6.45, 7) is 1.77. The van der Waals surface area contributed by atoms with Gasteiger partial charge in [-0.05, 0) is 37.0 Å². The van der Waals surface area contributed by atoms with Crippen molar-refractivity contribution in [2.24, 2.45) is 16.9 Å². The highest BCUT2D eigenvalue weighted by molar-refractivity contribution is 9.10. The molecule has 24 heavy (non-hydrogen) atoms. The average Bonchev–Trinajstić information content (AvgIpc) is 2.82. The van der Waals surface area contributed by atoms with Crippen LogP contribution >= 0.6 is 15.9 Å². The SMILES string of the molecule is C[C@@H]1CCC[C@H]2C1=NN(C(=O)c1cccc(Br)c1)[C@@]2(O)C(F)(F)F. The maximum absolute atomic E-state index is 13.7. The standard InChI is InChI=1S/C16H16BrF3N2O2/c1-9-4-2-7-12-13(9)21-22(15(12,24)16(18,19)20)14(23)10-5-3-6-11(17)8-10/h3,5-6,8-9,12,24H,2,4,7H2,1H3/t9-,12+,15+/m1/s1. The first kappa shape index (κ1) is 17.4. The van der Waals surface area contributed by atoms with E-state index in [0.717, 1.165) is 0 Å². The third-order valence-corrected chi connectivity index (χ3v) is 5.19. The van der Waals surface area contributed by atoms with Gasteiger partial charge in [-0.25, -0.2) is 0 Å². The number of carbonyl (C=O) groups excluding carboxylic acids is 1. The summed E-state index contributed by atoms with van der Waals surface area (Å²) in [4.78, 5) is 12.6. The van der Waals surface area contributed by atoms with Gasteiger partial charge in [-0.15, -0.1) is 0 Å². The Morgan fingerprint density at radius 1 is 1.42 bits per heavy atom. The molecule has 1 heterocycles. The smallest absolute Gasteiger partial charge is 0.362 e. The fourth-order valence-electron chi connectivity index (χ4n) is 3.44. The Morgan fingerprint density at radius 3 is 2.75 bits per heavy atom. The van der Waals surface area contributed by atoms with E-state index >= 15 is 0 Å². The monoisotopic (exact) mass is 404 g/mol. The molecule has 0 bridgehead atoms. The summed E-state index contributed by atoms with van der Waals surface area (Å²) in [5, 5.41) is 14.7. The van der Waals surface area contributed by atoms with Crippen LogP contribution in [0.25, 0.3) is 0 Å². The molecule has 4 nitrogen and oxygen atoms in total. The summed E-state index contributed by atoms with van der Waals surface area (Å²) >= 11 is 3.19. The Balaban J connectivity index is 2.08. The van der Waals surface area contributed by atoms with Gasteiger partial charge in [0.05, 0.1) is 5.92 Å². The second-order valence-electron chi connectivity index (χ2n) is 6.26. The van der Waals surface area contributed by atoms with Crippen LogP contribution in [0, 0.1) is 11.8 Å². The van der Waals surface area contributed by atoms with E-state index in [1.165, 1.54) is 12.1 Å². The molecule has 0 unspecified atom stereocenters. The molecule has 1 aromatic rings. The number of carbonyl (C=O) groups is 1. The third kappa shape index (κ3) is 2.56. The molecular weight excluding hydrogens is 389 g/mol. The lowest BCUT2D eigenvalue weighted by atomic mass is 9.75. The fourth-order valence-corrected chi connectivity index (χ4v) is 3.84. The number of hydrazone groups is 1. The number of fused-ring (bicyclic) bond motifs is 1. The number of amides is 1. The van der Waals surface area contributed by atoms with Crippen molar-refractivity contribution >= 4 is 27.5 Å². The van der Waals surface area contributed by atoms with Gasteiger partial charge in [0, 0.05) is 15.7 Å². The summed E-state index contributed by atoms with van der Waals surface area (Å²) in [5.74, 6) is -2.37. The zero-order valence-electron chi connectivity index (χ0n) is 12.8. The van der Waals surface area contributed by atoms with Crippen molar-refractivity contribution < 1.29 is 23.1 Å². The molecule has 130 valence electrons. The predicted molar refractivity (Wildman–Crippen MR) is 85.3 cm³/mol. The summed E-state index contributed by atoms with van der Waals surface area (Å²) < 4.78 is 41.7. The molecule has 0 radical (unpaired) electrons. The lowest BCUT2D eigenvalue weighted by molar-refractivity contribution is -0.312. The minimum atomic E-state index is -5.00. The third-order valence-electron chi connectivity index (χ3n) is 4.70. The van der Waals surface area contributed by atoms with Crippen molar-refractivity contribution in [1.29, 1.82) is 0 Å². The summed E-state index contributed by atoms with van der Waals surface area (Å²) in [7, 11) is 0. The van der Waals surface area contributed by atoms with E-state index in [1.54, 1.807) is 19.1 Å². The summed E-state index contributed by atoms with van der Waals surface area (Å²) in [5.41, 5.74) is -3.01. The van der Waals surface area contributed by atoms with Gasteiger partial charge < -0.3 is 5.11 Å². The van der Waals surface area contributed by atoms with E-state index in [-0.39, 0.29) is 28.6 Å². The molecule has 1 aromatic carbocycles. The minimum absolute atomic E-state index is 0.0303. The highest BCUT2D eigenvalue weighted by Crippen LogP contribution is 2.49. The van der Waals surface area contributed by atoms with Gasteiger partial charge in [0.25, 0.3) is 11.6 Å². The molecule has 1 amide bonds. The van der Waals surface area contributed by atoms with Crippen LogP contribution in [0.15, 0.2) is 33.8 Å². The van der Waals surface area contributed by atoms with Crippen LogP contribution in [0.3, 0.4) is 0 Å². The number of nitrogens with zero attached hydrogens (tertiary/aromatic N) is 2. The molecule has 0 saturated heterocycles. The highest BCUT2D eigenvalue weighted by Gasteiger charge is 2.69. The Hall–Kier alpha value is -1.41. The van der Waals surface area contributed by atoms with Gasteiger partial charge in [0.15, 0.2) is 0 Å². The van der Waals surface area contributed by atoms with E-state index in [1.807, 2.05) is 0 Å². The molecule has 3 rings (SSSR count). The van der Waals surface area contributed by atoms with Crippen LogP contribution in [0.2, 0.25) is 0 Å². The molecule has 1 fully saturated rings. The Bertz CT molecular complexity index is 707. The quantitative estimate of drug-likeness (QED) is 0.770. The maximum atomic E-state index is 13.7. The number of rotatable bonds is 1. The van der Waals surface area contributed by atoms with Gasteiger partial charge in [-0.2, -0.15) is 23.3 Å². The number of benzene rings is 1. The maximum Gasteiger partial charge on any atom is 0.439 e. The molecule has 8 heteroatoms. The van der Waals surface area contributed by atoms with Gasteiger partial charge in [0.2, 0.25) is 0 Å². The zero-order valence-corrected chi connectivity index (χ0v) is 14.4. The minimum Gasteiger partial charge on any atom is -0.362 e. The van der Waals surface area contributed by atoms with Crippen LogP contribution in [0.4, 0.5) is 13.2 Å². The molecule has 1 aliphatic heterocycles. The van der Waals surface area contributed by atoms with Crippen LogP contribution in [0.5, 0.6) is 0 Å². The number of aliphatic hydroxyl groups is 1. The zero-order chi connectivity index (χ0) is 17.7. The molecule has 0 aromatic heterocycles. The van der Waals surface area contributed by atoms with Crippen molar-refractivity contribution in [3.8, 4) is 0 Å². The van der Waals surface area contributed by atoms with Crippen LogP contribution in [-0.4, -0.2) is 33.6 Å². The molecule has 2 aliphatic rings. The van der Waals surface area contributed by atoms with E-state index in [0.29, 0.717) is 17.3 Å². The Labute approximate surface area is 145 Å². The first-order chi connectivity index (χ1) is 11.2. The largest absolute Gasteiger partial charge is 0.439 e. The van der Waals surface area contributed by atoms with Crippen molar-refractivity contribution in [2.75, 3.05) is 0 Å². The molecular formula is C16H16BrF3N2O2. The van der Waals surface area contributed by atoms with Crippen molar-refractivity contribution in [3.63, 3.8) is 0 Å². The average molecular weight is 405 g/mol. The number of halogens is 4. The Morgan fingerprint density at radius 2 is 2.12 bits per heavy atom. The van der Waals surface area contributed by atoms with Gasteiger partial charge in [-0.1, -0.05) is 35.3 Å². The Kier molecular flexibility index (Phi) is 4.24. The first-order valence-corrected chi connectivity index (χ1v) is 8.43. The van der Waals surface area contributed by atoms with E-state index in [4.69, 9.17) is 0 Å². The molecule has 0 spiro atoms. The van der Waals surface area contributed by atoms with Crippen molar-refractivity contribution in [2.45, 2.75) is 38.1 Å². The van der Waals surface area contributed by atoms with Crippen LogP contribution in [-0.2, 0) is 0 Å². The predicted octanol–water partition coefficient (Wildman–Crippen LogP) is 3.95. The van der Waals surface area contributed by atoms with Crippen molar-refractivity contribution in [3.05, 3.63) is 34.3 Å². The summed E-state index contributed by atoms with van der Waals surface area (Å²) in [6.07, 6.45) is -3.59. The molecule has 1 saturated carbocycles.